The molecule has 6 heteroatoms. The van der Waals surface area contributed by atoms with Gasteiger partial charge in [-0.1, -0.05) is 59.7 Å². The third-order valence-electron chi connectivity index (χ3n) is 5.48. The first-order chi connectivity index (χ1) is 16.3. The van der Waals surface area contributed by atoms with Crippen LogP contribution in [0.5, 0.6) is 5.75 Å². The van der Waals surface area contributed by atoms with Crippen LogP contribution in [0.4, 0.5) is 0 Å². The molecule has 1 aromatic heterocycles. The standard InChI is InChI=1S/C28H24O6/c1-17-4-8-20(9-5-17)27(31)28(21-10-6-18(2)7-11-21)34-26(30)16-32-22-12-13-23-19(3)14-25(29)33-24(23)15-22/h4-15,28H,16H2,1-3H3. The molecular weight excluding hydrogens is 432 g/mol. The quantitative estimate of drug-likeness (QED) is 0.214. The molecule has 0 aliphatic carbocycles. The number of rotatable bonds is 7. The average Bonchev–Trinajstić information content (AvgIpc) is 2.81. The topological polar surface area (TPSA) is 82.8 Å². The molecule has 1 heterocycles. The van der Waals surface area contributed by atoms with Gasteiger partial charge in [0.1, 0.15) is 11.3 Å². The van der Waals surface area contributed by atoms with Crippen LogP contribution in [0.1, 0.15) is 38.7 Å². The normalized spacial score (nSPS) is 11.7. The lowest BCUT2D eigenvalue weighted by Gasteiger charge is -2.18. The number of esters is 1. The van der Waals surface area contributed by atoms with E-state index in [4.69, 9.17) is 13.9 Å². The van der Waals surface area contributed by atoms with E-state index in [-0.39, 0.29) is 5.78 Å². The molecule has 0 bridgehead atoms. The van der Waals surface area contributed by atoms with Gasteiger partial charge in [-0.2, -0.15) is 0 Å². The lowest BCUT2D eigenvalue weighted by molar-refractivity contribution is -0.149. The number of benzene rings is 3. The first kappa shape index (κ1) is 23.0. The molecule has 0 spiro atoms. The summed E-state index contributed by atoms with van der Waals surface area (Å²) in [7, 11) is 0. The van der Waals surface area contributed by atoms with E-state index in [1.165, 1.54) is 6.07 Å². The average molecular weight is 456 g/mol. The maximum Gasteiger partial charge on any atom is 0.345 e. The highest BCUT2D eigenvalue weighted by Gasteiger charge is 2.26. The molecule has 0 saturated carbocycles. The molecule has 0 aliphatic heterocycles. The number of ketones is 1. The smallest absolute Gasteiger partial charge is 0.345 e. The zero-order valence-corrected chi connectivity index (χ0v) is 19.2. The van der Waals surface area contributed by atoms with Crippen LogP contribution in [-0.4, -0.2) is 18.4 Å². The number of carbonyl (C=O) groups excluding carboxylic acids is 2. The van der Waals surface area contributed by atoms with E-state index in [1.54, 1.807) is 42.5 Å². The van der Waals surface area contributed by atoms with E-state index in [0.717, 1.165) is 22.1 Å². The van der Waals surface area contributed by atoms with Crippen molar-refractivity contribution in [1.29, 1.82) is 0 Å². The number of Topliss-reactive ketones (excluding diaryl/α,β-unsaturated/α-hetero) is 1. The SMILES string of the molecule is Cc1ccc(C(=O)C(OC(=O)COc2ccc3c(C)cc(=O)oc3c2)c2ccc(C)cc2)cc1. The largest absolute Gasteiger partial charge is 0.482 e. The van der Waals surface area contributed by atoms with Crippen LogP contribution in [0.25, 0.3) is 11.0 Å². The van der Waals surface area contributed by atoms with Crippen molar-refractivity contribution in [2.24, 2.45) is 0 Å². The third-order valence-corrected chi connectivity index (χ3v) is 5.48. The number of carbonyl (C=O) groups is 2. The van der Waals surface area contributed by atoms with Crippen LogP contribution in [0.3, 0.4) is 0 Å². The zero-order chi connectivity index (χ0) is 24.2. The van der Waals surface area contributed by atoms with Crippen molar-refractivity contribution >= 4 is 22.7 Å². The van der Waals surface area contributed by atoms with E-state index < -0.39 is 24.3 Å². The van der Waals surface area contributed by atoms with Crippen molar-refractivity contribution in [2.75, 3.05) is 6.61 Å². The number of fused-ring (bicyclic) bond motifs is 1. The lowest BCUT2D eigenvalue weighted by Crippen LogP contribution is -2.23. The fourth-order valence-electron chi connectivity index (χ4n) is 3.59. The van der Waals surface area contributed by atoms with Crippen LogP contribution in [0.2, 0.25) is 0 Å². The molecular formula is C28H24O6. The molecule has 6 nitrogen and oxygen atoms in total. The molecule has 1 unspecified atom stereocenters. The Morgan fingerprint density at radius 1 is 0.853 bits per heavy atom. The van der Waals surface area contributed by atoms with Gasteiger partial charge in [-0.15, -0.1) is 0 Å². The van der Waals surface area contributed by atoms with Gasteiger partial charge in [0.25, 0.3) is 0 Å². The van der Waals surface area contributed by atoms with E-state index in [1.807, 2.05) is 45.0 Å². The van der Waals surface area contributed by atoms with Crippen molar-refractivity contribution < 1.29 is 23.5 Å². The first-order valence-electron chi connectivity index (χ1n) is 10.8. The summed E-state index contributed by atoms with van der Waals surface area (Å²) in [6, 6.07) is 20.8. The van der Waals surface area contributed by atoms with Crippen molar-refractivity contribution in [3.8, 4) is 5.75 Å². The molecule has 4 rings (SSSR count). The minimum atomic E-state index is -1.10. The number of hydrogen-bond acceptors (Lipinski definition) is 6. The monoisotopic (exact) mass is 456 g/mol. The minimum absolute atomic E-state index is 0.319. The van der Waals surface area contributed by atoms with Gasteiger partial charge in [0, 0.05) is 28.6 Å². The summed E-state index contributed by atoms with van der Waals surface area (Å²) in [5.41, 5.74) is 3.76. The maximum absolute atomic E-state index is 13.2. The molecule has 0 radical (unpaired) electrons. The van der Waals surface area contributed by atoms with Gasteiger partial charge < -0.3 is 13.9 Å². The Kier molecular flexibility index (Phi) is 6.59. The molecule has 1 atom stereocenters. The van der Waals surface area contributed by atoms with Gasteiger partial charge in [-0.3, -0.25) is 4.79 Å². The fraction of sp³-hybridized carbons (Fsp3) is 0.179. The molecule has 0 amide bonds. The molecule has 34 heavy (non-hydrogen) atoms. The lowest BCUT2D eigenvalue weighted by atomic mass is 9.98. The Labute approximate surface area is 196 Å². The summed E-state index contributed by atoms with van der Waals surface area (Å²) in [6.07, 6.45) is -1.10. The summed E-state index contributed by atoms with van der Waals surface area (Å²) >= 11 is 0. The van der Waals surface area contributed by atoms with Gasteiger partial charge in [0.15, 0.2) is 12.7 Å². The molecule has 0 fully saturated rings. The second kappa shape index (κ2) is 9.75. The van der Waals surface area contributed by atoms with Crippen LogP contribution >= 0.6 is 0 Å². The van der Waals surface area contributed by atoms with Crippen LogP contribution < -0.4 is 10.4 Å². The van der Waals surface area contributed by atoms with Gasteiger partial charge in [-0.25, -0.2) is 9.59 Å². The summed E-state index contributed by atoms with van der Waals surface area (Å²) in [5.74, 6) is -0.674. The van der Waals surface area contributed by atoms with Gasteiger partial charge >= 0.3 is 11.6 Å². The number of hydrogen-bond donors (Lipinski definition) is 0. The van der Waals surface area contributed by atoms with E-state index in [2.05, 4.69) is 0 Å². The third kappa shape index (κ3) is 5.23. The highest BCUT2D eigenvalue weighted by molar-refractivity contribution is 6.01. The molecule has 0 aliphatic rings. The Balaban J connectivity index is 1.51. The molecule has 3 aromatic carbocycles. The zero-order valence-electron chi connectivity index (χ0n) is 19.2. The number of ether oxygens (including phenoxy) is 2. The van der Waals surface area contributed by atoms with E-state index in [0.29, 0.717) is 22.5 Å². The Morgan fingerprint density at radius 2 is 1.50 bits per heavy atom. The highest BCUT2D eigenvalue weighted by Crippen LogP contribution is 2.25. The van der Waals surface area contributed by atoms with Gasteiger partial charge in [0.05, 0.1) is 0 Å². The van der Waals surface area contributed by atoms with E-state index >= 15 is 0 Å². The highest BCUT2D eigenvalue weighted by atomic mass is 16.6. The fourth-order valence-corrected chi connectivity index (χ4v) is 3.59. The summed E-state index contributed by atoms with van der Waals surface area (Å²) < 4.78 is 16.4. The van der Waals surface area contributed by atoms with Crippen molar-refractivity contribution in [3.63, 3.8) is 0 Å². The maximum atomic E-state index is 13.2. The van der Waals surface area contributed by atoms with E-state index in [9.17, 15) is 14.4 Å². The van der Waals surface area contributed by atoms with Gasteiger partial charge in [0.2, 0.25) is 5.78 Å². The van der Waals surface area contributed by atoms with Crippen molar-refractivity contribution in [2.45, 2.75) is 26.9 Å². The minimum Gasteiger partial charge on any atom is -0.482 e. The second-order valence-corrected chi connectivity index (χ2v) is 8.21. The summed E-state index contributed by atoms with van der Waals surface area (Å²) in [6.45, 7) is 5.27. The van der Waals surface area contributed by atoms with Crippen molar-refractivity contribution in [1.82, 2.24) is 0 Å². The van der Waals surface area contributed by atoms with Crippen LogP contribution in [0.15, 0.2) is 82.0 Å². The predicted octanol–water partition coefficient (Wildman–Crippen LogP) is 5.26. The first-order valence-corrected chi connectivity index (χ1v) is 10.8. The second-order valence-electron chi connectivity index (χ2n) is 8.21. The predicted molar refractivity (Wildman–Crippen MR) is 128 cm³/mol. The Morgan fingerprint density at radius 3 is 2.18 bits per heavy atom. The molecule has 4 aromatic rings. The summed E-state index contributed by atoms with van der Waals surface area (Å²) in [4.78, 5) is 37.5. The summed E-state index contributed by atoms with van der Waals surface area (Å²) in [5, 5.41) is 0.776. The Bertz CT molecular complexity index is 1400. The molecule has 0 saturated heterocycles. The van der Waals surface area contributed by atoms with Crippen LogP contribution in [0, 0.1) is 20.8 Å². The molecule has 172 valence electrons. The molecule has 0 N–H and O–H groups in total. The number of aryl methyl sites for hydroxylation is 3. The van der Waals surface area contributed by atoms with Crippen LogP contribution in [-0.2, 0) is 9.53 Å². The Hall–Kier alpha value is -4.19. The van der Waals surface area contributed by atoms with Crippen molar-refractivity contribution in [3.05, 3.63) is 111 Å². The van der Waals surface area contributed by atoms with Gasteiger partial charge in [-0.05, 0) is 38.5 Å².